The Morgan fingerprint density at radius 2 is 1.44 bits per heavy atom. The summed E-state index contributed by atoms with van der Waals surface area (Å²) in [7, 11) is 0. The fourth-order valence-corrected chi connectivity index (χ4v) is 4.28. The van der Waals surface area contributed by atoms with E-state index in [0.29, 0.717) is 51.4 Å². The van der Waals surface area contributed by atoms with E-state index in [-0.39, 0.29) is 0 Å². The highest BCUT2D eigenvalue weighted by Gasteiger charge is 2.19. The highest BCUT2D eigenvalue weighted by molar-refractivity contribution is 5.80. The van der Waals surface area contributed by atoms with Crippen molar-refractivity contribution >= 4 is 23.8 Å². The Labute approximate surface area is 229 Å². The van der Waals surface area contributed by atoms with Crippen LogP contribution in [0.2, 0.25) is 0 Å². The van der Waals surface area contributed by atoms with Crippen LogP contribution < -0.4 is 24.7 Å². The average molecular weight is 533 g/mol. The van der Waals surface area contributed by atoms with Crippen molar-refractivity contribution < 1.29 is 18.9 Å². The second-order valence-electron chi connectivity index (χ2n) is 9.49. The van der Waals surface area contributed by atoms with Crippen molar-refractivity contribution in [2.45, 2.75) is 13.8 Å². The van der Waals surface area contributed by atoms with Crippen molar-refractivity contribution in [3.63, 3.8) is 0 Å². The van der Waals surface area contributed by atoms with Gasteiger partial charge in [-0.05, 0) is 66.9 Å². The zero-order chi connectivity index (χ0) is 26.9. The average Bonchev–Trinajstić information content (AvgIpc) is 2.98. The first-order valence-corrected chi connectivity index (χ1v) is 13.4. The maximum Gasteiger partial charge on any atom is 0.229 e. The molecule has 0 unspecified atom stereocenters. The monoisotopic (exact) mass is 532 g/mol. The molecule has 39 heavy (non-hydrogen) atoms. The quantitative estimate of drug-likeness (QED) is 0.238. The van der Waals surface area contributed by atoms with Crippen LogP contribution in [-0.4, -0.2) is 82.0 Å². The maximum absolute atomic E-state index is 5.82. The van der Waals surface area contributed by atoms with Gasteiger partial charge in [0, 0.05) is 32.2 Å². The van der Waals surface area contributed by atoms with Gasteiger partial charge < -0.3 is 28.7 Å². The van der Waals surface area contributed by atoms with Crippen LogP contribution in [0, 0.1) is 13.8 Å². The summed E-state index contributed by atoms with van der Waals surface area (Å²) in [5.41, 5.74) is 6.50. The highest BCUT2D eigenvalue weighted by atomic mass is 16.5. The van der Waals surface area contributed by atoms with Gasteiger partial charge in [-0.1, -0.05) is 6.07 Å². The van der Waals surface area contributed by atoms with Crippen molar-refractivity contribution in [3.8, 4) is 11.5 Å². The second-order valence-corrected chi connectivity index (χ2v) is 9.49. The summed E-state index contributed by atoms with van der Waals surface area (Å²) < 4.78 is 22.6. The molecule has 3 heterocycles. The number of hydrogen-bond acceptors (Lipinski definition) is 10. The summed E-state index contributed by atoms with van der Waals surface area (Å²) in [4.78, 5) is 13.9. The minimum Gasteiger partial charge on any atom is -0.490 e. The van der Waals surface area contributed by atoms with Gasteiger partial charge in [0.1, 0.15) is 30.5 Å². The van der Waals surface area contributed by atoms with E-state index in [9.17, 15) is 0 Å². The molecule has 3 aromatic rings. The molecule has 0 saturated carbocycles. The number of benzene rings is 2. The molecule has 2 fully saturated rings. The van der Waals surface area contributed by atoms with Crippen LogP contribution in [0.4, 0.5) is 17.6 Å². The molecule has 0 aliphatic carbocycles. The van der Waals surface area contributed by atoms with E-state index in [0.717, 1.165) is 49.1 Å². The molecular formula is C29H36N6O4. The van der Waals surface area contributed by atoms with E-state index in [1.165, 1.54) is 11.1 Å². The Morgan fingerprint density at radius 1 is 0.795 bits per heavy atom. The summed E-state index contributed by atoms with van der Waals surface area (Å²) in [5, 5.41) is 4.42. The van der Waals surface area contributed by atoms with Gasteiger partial charge in [-0.15, -0.1) is 0 Å². The third kappa shape index (κ3) is 7.58. The van der Waals surface area contributed by atoms with E-state index in [4.69, 9.17) is 28.9 Å². The molecule has 0 bridgehead atoms. The van der Waals surface area contributed by atoms with Crippen molar-refractivity contribution in [1.29, 1.82) is 0 Å². The number of ether oxygens (including phenoxy) is 4. The predicted octanol–water partition coefficient (Wildman–Crippen LogP) is 3.67. The number of aromatic nitrogens is 2. The second kappa shape index (κ2) is 13.3. The van der Waals surface area contributed by atoms with Crippen LogP contribution in [0.25, 0.3) is 0 Å². The molecule has 10 nitrogen and oxygen atoms in total. The van der Waals surface area contributed by atoms with Gasteiger partial charge in [0.2, 0.25) is 5.95 Å². The zero-order valence-electron chi connectivity index (χ0n) is 22.6. The lowest BCUT2D eigenvalue weighted by molar-refractivity contribution is 0.121. The summed E-state index contributed by atoms with van der Waals surface area (Å²) in [6.07, 6.45) is 1.76. The van der Waals surface area contributed by atoms with Crippen LogP contribution in [0.1, 0.15) is 16.7 Å². The molecule has 5 rings (SSSR count). The predicted molar refractivity (Wildman–Crippen MR) is 153 cm³/mol. The van der Waals surface area contributed by atoms with Crippen LogP contribution >= 0.6 is 0 Å². The fraction of sp³-hybridized carbons (Fsp3) is 0.414. The summed E-state index contributed by atoms with van der Waals surface area (Å²) in [5.74, 6) is 3.84. The molecule has 206 valence electrons. The van der Waals surface area contributed by atoms with E-state index in [1.54, 1.807) is 6.21 Å². The molecule has 0 spiro atoms. The van der Waals surface area contributed by atoms with Gasteiger partial charge >= 0.3 is 0 Å². The van der Waals surface area contributed by atoms with Crippen molar-refractivity contribution in [2.24, 2.45) is 5.10 Å². The molecule has 2 aliphatic heterocycles. The Balaban J connectivity index is 1.15. The number of morpholine rings is 2. The minimum absolute atomic E-state index is 0.465. The fourth-order valence-electron chi connectivity index (χ4n) is 4.28. The van der Waals surface area contributed by atoms with Crippen LogP contribution in [0.5, 0.6) is 11.5 Å². The van der Waals surface area contributed by atoms with Gasteiger partial charge in [-0.25, -0.2) is 0 Å². The van der Waals surface area contributed by atoms with Crippen molar-refractivity contribution in [2.75, 3.05) is 81.0 Å². The third-order valence-corrected chi connectivity index (χ3v) is 6.70. The van der Waals surface area contributed by atoms with E-state index >= 15 is 0 Å². The molecule has 0 atom stereocenters. The first-order chi connectivity index (χ1) is 19.1. The van der Waals surface area contributed by atoms with E-state index < -0.39 is 0 Å². The zero-order valence-corrected chi connectivity index (χ0v) is 22.6. The first-order valence-electron chi connectivity index (χ1n) is 13.4. The third-order valence-electron chi connectivity index (χ3n) is 6.70. The standard InChI is InChI=1S/C29H36N6O4/c1-22-3-6-26(19-23(22)2)39-18-17-38-25-7-4-24(5-8-25)21-30-33-27-20-28(34-9-13-36-14-10-34)32-29(31-27)35-11-15-37-16-12-35/h3-8,19-21H,9-18H2,1-2H3,(H,31,32,33)/b30-21-. The molecule has 2 aliphatic rings. The molecule has 1 N–H and O–H groups in total. The van der Waals surface area contributed by atoms with Gasteiger partial charge in [-0.2, -0.15) is 15.1 Å². The van der Waals surface area contributed by atoms with Gasteiger partial charge in [0.05, 0.1) is 32.6 Å². The number of hydrogen-bond donors (Lipinski definition) is 1. The van der Waals surface area contributed by atoms with Gasteiger partial charge in [0.25, 0.3) is 0 Å². The smallest absolute Gasteiger partial charge is 0.229 e. The summed E-state index contributed by atoms with van der Waals surface area (Å²) >= 11 is 0. The SMILES string of the molecule is Cc1ccc(OCCOc2ccc(/C=N\Nc3cc(N4CCOCC4)nc(N4CCOCC4)n3)cc2)cc1C. The lowest BCUT2D eigenvalue weighted by atomic mass is 10.1. The lowest BCUT2D eigenvalue weighted by Crippen LogP contribution is -2.39. The maximum atomic E-state index is 5.82. The van der Waals surface area contributed by atoms with Gasteiger partial charge in [-0.3, -0.25) is 5.43 Å². The Bertz CT molecular complexity index is 1200. The first kappa shape index (κ1) is 26.7. The van der Waals surface area contributed by atoms with Crippen molar-refractivity contribution in [3.05, 3.63) is 65.2 Å². The molecule has 2 saturated heterocycles. The number of anilines is 3. The van der Waals surface area contributed by atoms with Crippen LogP contribution in [0.3, 0.4) is 0 Å². The largest absolute Gasteiger partial charge is 0.490 e. The highest BCUT2D eigenvalue weighted by Crippen LogP contribution is 2.22. The van der Waals surface area contributed by atoms with Crippen molar-refractivity contribution in [1.82, 2.24) is 9.97 Å². The molecule has 2 aromatic carbocycles. The lowest BCUT2D eigenvalue weighted by Gasteiger charge is -2.31. The molecule has 10 heteroatoms. The normalized spacial score (nSPS) is 15.9. The summed E-state index contributed by atoms with van der Waals surface area (Å²) in [6.45, 7) is 11.0. The number of hydrazone groups is 1. The molecule has 0 amide bonds. The number of aryl methyl sites for hydroxylation is 2. The Kier molecular flexibility index (Phi) is 9.08. The number of nitrogens with one attached hydrogen (secondary N) is 1. The van der Waals surface area contributed by atoms with E-state index in [1.807, 2.05) is 42.5 Å². The molecule has 1 aromatic heterocycles. The summed E-state index contributed by atoms with van der Waals surface area (Å²) in [6, 6.07) is 15.8. The van der Waals surface area contributed by atoms with E-state index in [2.05, 4.69) is 40.2 Å². The van der Waals surface area contributed by atoms with Crippen LogP contribution in [0.15, 0.2) is 53.6 Å². The van der Waals surface area contributed by atoms with Crippen LogP contribution in [-0.2, 0) is 9.47 Å². The Hall–Kier alpha value is -3.89. The Morgan fingerprint density at radius 3 is 2.13 bits per heavy atom. The molecule has 0 radical (unpaired) electrons. The number of nitrogens with zero attached hydrogens (tertiary/aromatic N) is 5. The molecular weight excluding hydrogens is 496 g/mol. The minimum atomic E-state index is 0.465. The number of rotatable bonds is 10. The van der Waals surface area contributed by atoms with Gasteiger partial charge in [0.15, 0.2) is 5.82 Å². The topological polar surface area (TPSA) is 93.6 Å².